The monoisotopic (exact) mass is 876 g/mol. The van der Waals surface area contributed by atoms with Crippen molar-refractivity contribution in [3.05, 3.63) is 35.9 Å². The second kappa shape index (κ2) is 20.3. The van der Waals surface area contributed by atoms with Gasteiger partial charge in [0.2, 0.25) is 0 Å². The van der Waals surface area contributed by atoms with Crippen LogP contribution in [-0.2, 0) is 52.2 Å². The Bertz CT molecular complexity index is 1700. The molecule has 4 fully saturated rings. The highest BCUT2D eigenvalue weighted by Crippen LogP contribution is 2.42. The largest absolute Gasteiger partial charge is 0.458 e. The molecule has 1 N–H and O–H groups in total. The highest BCUT2D eigenvalue weighted by molar-refractivity contribution is 5.89. The summed E-state index contributed by atoms with van der Waals surface area (Å²) in [6.07, 6.45) is -8.32. The Labute approximate surface area is 367 Å². The van der Waals surface area contributed by atoms with Crippen LogP contribution in [0, 0.1) is 23.7 Å². The van der Waals surface area contributed by atoms with Crippen molar-refractivity contribution in [3.8, 4) is 0 Å². The summed E-state index contributed by atoms with van der Waals surface area (Å²) in [6.45, 7) is 16.3. The van der Waals surface area contributed by atoms with E-state index in [1.807, 2.05) is 66.6 Å². The molecule has 4 saturated heterocycles. The zero-order valence-electron chi connectivity index (χ0n) is 39.1. The highest BCUT2D eigenvalue weighted by Gasteiger charge is 2.55. The van der Waals surface area contributed by atoms with Gasteiger partial charge in [0.1, 0.15) is 23.6 Å². The molecular weight excluding hydrogens is 805 g/mol. The van der Waals surface area contributed by atoms with E-state index in [4.69, 9.17) is 42.6 Å². The Morgan fingerprint density at radius 2 is 1.52 bits per heavy atom. The number of cyclic esters (lactones) is 1. The fourth-order valence-corrected chi connectivity index (χ4v) is 10.2. The topological polar surface area (TPSA) is 178 Å². The van der Waals surface area contributed by atoms with Gasteiger partial charge in [-0.3, -0.25) is 9.59 Å². The molecule has 0 radical (unpaired) electrons. The minimum Gasteiger partial charge on any atom is -0.458 e. The number of amides is 1. The molecule has 4 aliphatic rings. The molecule has 0 spiro atoms. The summed E-state index contributed by atoms with van der Waals surface area (Å²) in [5.41, 5.74) is -1.97. The van der Waals surface area contributed by atoms with Gasteiger partial charge in [-0.1, -0.05) is 45.9 Å². The fourth-order valence-electron chi connectivity index (χ4n) is 10.2. The van der Waals surface area contributed by atoms with Gasteiger partial charge in [-0.25, -0.2) is 9.59 Å². The van der Waals surface area contributed by atoms with Crippen LogP contribution in [0.1, 0.15) is 98.4 Å². The van der Waals surface area contributed by atoms with Crippen LogP contribution in [0.2, 0.25) is 0 Å². The minimum atomic E-state index is -1.25. The normalized spacial score (nSPS) is 42.5. The lowest BCUT2D eigenvalue weighted by Crippen LogP contribution is -2.61. The van der Waals surface area contributed by atoms with E-state index in [0.717, 1.165) is 0 Å². The van der Waals surface area contributed by atoms with Crippen LogP contribution in [0.5, 0.6) is 0 Å². The standard InChI is InChI=1S/C46H72N2O14/c1-15-32-38-34(48(12)44(53)60-38)26(4)35(49)24(2)22-45(8,54-13)39(62-43-36(50)31(47(10)11)21-25(3)56-43)27(5)37(28(6)41(51)58-32)59-33-23-46(9,55-14)40(29(7)57-33)61-42(52)30-19-17-16-18-20-30/h16-20,24-29,31-34,36-40,43,50H,15,21-23H2,1-14H3/t24-,25-,26-,27+,28-,29+,31+,32-,33?,34-,36-,37+,38-,39-,40+,43?,45+,46-/m1/s1. The first-order valence-corrected chi connectivity index (χ1v) is 22.1. The molecule has 0 aromatic heterocycles. The van der Waals surface area contributed by atoms with Gasteiger partial charge in [0.05, 0.1) is 47.5 Å². The third kappa shape index (κ3) is 10.3. The first-order valence-electron chi connectivity index (χ1n) is 22.1. The predicted octanol–water partition coefficient (Wildman–Crippen LogP) is 5.01. The van der Waals surface area contributed by atoms with Gasteiger partial charge in [-0.15, -0.1) is 0 Å². The predicted molar refractivity (Wildman–Crippen MR) is 226 cm³/mol. The Hall–Kier alpha value is -3.22. The first kappa shape index (κ1) is 49.8. The van der Waals surface area contributed by atoms with Crippen LogP contribution < -0.4 is 0 Å². The van der Waals surface area contributed by atoms with Gasteiger partial charge >= 0.3 is 18.0 Å². The molecule has 18 atom stereocenters. The third-order valence-corrected chi connectivity index (χ3v) is 14.0. The molecule has 2 unspecified atom stereocenters. The Morgan fingerprint density at radius 3 is 2.11 bits per heavy atom. The van der Waals surface area contributed by atoms with Crippen LogP contribution in [-0.4, -0.2) is 159 Å². The summed E-state index contributed by atoms with van der Waals surface area (Å²) in [5.74, 6) is -4.35. The lowest BCUT2D eigenvalue weighted by atomic mass is 9.74. The molecule has 1 aromatic carbocycles. The van der Waals surface area contributed by atoms with Crippen molar-refractivity contribution in [2.45, 2.75) is 173 Å². The zero-order chi connectivity index (χ0) is 46.0. The summed E-state index contributed by atoms with van der Waals surface area (Å²) in [7, 11) is 8.43. The number of Topliss-reactive ketones (excluding diaryl/α,β-unsaturated/α-hetero) is 1. The van der Waals surface area contributed by atoms with Crippen molar-refractivity contribution < 1.29 is 66.9 Å². The number of hydrogen-bond donors (Lipinski definition) is 1. The number of likely N-dealkylation sites (N-methyl/N-ethyl adjacent to an activating group) is 2. The molecule has 4 heterocycles. The maximum Gasteiger partial charge on any atom is 0.410 e. The number of hydrogen-bond acceptors (Lipinski definition) is 15. The van der Waals surface area contributed by atoms with Crippen molar-refractivity contribution in [1.29, 1.82) is 0 Å². The second-order valence-electron chi connectivity index (χ2n) is 18.7. The number of fused-ring (bicyclic) bond motifs is 1. The molecule has 350 valence electrons. The molecule has 1 amide bonds. The van der Waals surface area contributed by atoms with Gasteiger partial charge in [0.25, 0.3) is 0 Å². The number of aliphatic hydroxyl groups is 1. The third-order valence-electron chi connectivity index (χ3n) is 14.0. The average Bonchev–Trinajstić information content (AvgIpc) is 3.54. The number of carbonyl (C=O) groups excluding carboxylic acids is 4. The molecule has 5 rings (SSSR count). The number of ketones is 1. The van der Waals surface area contributed by atoms with E-state index in [2.05, 4.69) is 0 Å². The molecule has 0 saturated carbocycles. The summed E-state index contributed by atoms with van der Waals surface area (Å²) < 4.78 is 57.3. The number of methoxy groups -OCH3 is 2. The van der Waals surface area contributed by atoms with E-state index in [-0.39, 0.29) is 30.8 Å². The number of ether oxygens (including phenoxy) is 9. The summed E-state index contributed by atoms with van der Waals surface area (Å²) in [4.78, 5) is 58.8. The van der Waals surface area contributed by atoms with Crippen LogP contribution in [0.4, 0.5) is 4.79 Å². The highest BCUT2D eigenvalue weighted by atomic mass is 16.7. The SMILES string of the molecule is CC[C@H]1OC(=O)[C@H](C)[C@@H](OC2C[C@@](C)(OC)[C@@H](OC(=O)c3ccccc3)[C@H](C)O2)[C@H](C)[C@@H](OC2O[C@H](C)C[C@H](N(C)C)[C@H]2O)[C@@](C)(OC)C[C@@H](C)C(=O)[C@H](C)[C@@H]2[C@@H]1OC(=O)N2C. The molecule has 16 heteroatoms. The van der Waals surface area contributed by atoms with Gasteiger partial charge in [-0.05, 0) is 80.1 Å². The second-order valence-corrected chi connectivity index (χ2v) is 18.7. The van der Waals surface area contributed by atoms with E-state index in [1.165, 1.54) is 19.1 Å². The minimum absolute atomic E-state index is 0.0954. The molecular formula is C46H72N2O14. The van der Waals surface area contributed by atoms with E-state index in [9.17, 15) is 24.3 Å². The molecule has 1 aromatic rings. The number of carbonyl (C=O) groups is 4. The summed E-state index contributed by atoms with van der Waals surface area (Å²) in [6, 6.07) is 7.64. The van der Waals surface area contributed by atoms with Crippen LogP contribution >= 0.6 is 0 Å². The van der Waals surface area contributed by atoms with Crippen molar-refractivity contribution >= 4 is 23.8 Å². The summed E-state index contributed by atoms with van der Waals surface area (Å²) in [5, 5.41) is 11.8. The maximum absolute atomic E-state index is 14.6. The smallest absolute Gasteiger partial charge is 0.410 e. The molecule has 0 bridgehead atoms. The average molecular weight is 877 g/mol. The fraction of sp³-hybridized carbons (Fsp3) is 0.783. The molecule has 4 aliphatic heterocycles. The van der Waals surface area contributed by atoms with Crippen molar-refractivity contribution in [2.24, 2.45) is 23.7 Å². The van der Waals surface area contributed by atoms with Crippen LogP contribution in [0.15, 0.2) is 30.3 Å². The van der Waals surface area contributed by atoms with Crippen LogP contribution in [0.25, 0.3) is 0 Å². The van der Waals surface area contributed by atoms with Crippen molar-refractivity contribution in [2.75, 3.05) is 35.4 Å². The van der Waals surface area contributed by atoms with Gasteiger partial charge in [0, 0.05) is 51.5 Å². The quantitative estimate of drug-likeness (QED) is 0.245. The lowest BCUT2D eigenvalue weighted by Gasteiger charge is -2.50. The summed E-state index contributed by atoms with van der Waals surface area (Å²) >= 11 is 0. The zero-order valence-corrected chi connectivity index (χ0v) is 39.1. The number of nitrogens with zero attached hydrogens (tertiary/aromatic N) is 2. The Morgan fingerprint density at radius 1 is 0.887 bits per heavy atom. The number of aliphatic hydroxyl groups excluding tert-OH is 1. The number of esters is 2. The molecule has 16 nitrogen and oxygen atoms in total. The number of benzene rings is 1. The van der Waals surface area contributed by atoms with Crippen LogP contribution in [0.3, 0.4) is 0 Å². The Balaban J connectivity index is 1.58. The van der Waals surface area contributed by atoms with E-state index in [0.29, 0.717) is 18.4 Å². The molecule has 62 heavy (non-hydrogen) atoms. The van der Waals surface area contributed by atoms with E-state index >= 15 is 0 Å². The van der Waals surface area contributed by atoms with Crippen molar-refractivity contribution in [3.63, 3.8) is 0 Å². The van der Waals surface area contributed by atoms with E-state index < -0.39 is 114 Å². The van der Waals surface area contributed by atoms with Crippen molar-refractivity contribution in [1.82, 2.24) is 9.80 Å². The van der Waals surface area contributed by atoms with E-state index in [1.54, 1.807) is 52.1 Å². The van der Waals surface area contributed by atoms with Gasteiger partial charge < -0.3 is 57.5 Å². The Kier molecular flexibility index (Phi) is 16.3. The molecule has 0 aliphatic carbocycles. The first-order chi connectivity index (χ1) is 29.1. The lowest BCUT2D eigenvalue weighted by molar-refractivity contribution is -0.319. The number of rotatable bonds is 10. The van der Waals surface area contributed by atoms with Gasteiger partial charge in [-0.2, -0.15) is 0 Å². The van der Waals surface area contributed by atoms with Gasteiger partial charge in [0.15, 0.2) is 24.8 Å². The maximum atomic E-state index is 14.6.